The van der Waals surface area contributed by atoms with Crippen molar-refractivity contribution in [1.29, 1.82) is 0 Å². The van der Waals surface area contributed by atoms with Crippen LogP contribution >= 0.6 is 23.8 Å². The van der Waals surface area contributed by atoms with Crippen LogP contribution in [0.5, 0.6) is 0 Å². The SMILES string of the molecule is CCCC(COC)n1c(=S)[nH]c2ccc(Cl)cc21. The highest BCUT2D eigenvalue weighted by atomic mass is 35.5. The number of H-pyrrole nitrogens is 1. The molecule has 1 aromatic carbocycles. The molecule has 1 atom stereocenters. The summed E-state index contributed by atoms with van der Waals surface area (Å²) in [5.74, 6) is 0. The van der Waals surface area contributed by atoms with Crippen LogP contribution in [-0.2, 0) is 4.74 Å². The van der Waals surface area contributed by atoms with Gasteiger partial charge in [0.25, 0.3) is 0 Å². The normalized spacial score (nSPS) is 13.1. The van der Waals surface area contributed by atoms with Crippen molar-refractivity contribution >= 4 is 34.9 Å². The molecule has 1 N–H and O–H groups in total. The highest BCUT2D eigenvalue weighted by molar-refractivity contribution is 7.71. The van der Waals surface area contributed by atoms with E-state index < -0.39 is 0 Å². The maximum atomic E-state index is 6.07. The third-order valence-electron chi connectivity index (χ3n) is 3.03. The van der Waals surface area contributed by atoms with Gasteiger partial charge < -0.3 is 14.3 Å². The lowest BCUT2D eigenvalue weighted by Crippen LogP contribution is -2.14. The van der Waals surface area contributed by atoms with Crippen molar-refractivity contribution in [2.75, 3.05) is 13.7 Å². The molecule has 98 valence electrons. The zero-order valence-corrected chi connectivity index (χ0v) is 12.1. The molecule has 0 aliphatic heterocycles. The van der Waals surface area contributed by atoms with E-state index in [2.05, 4.69) is 16.5 Å². The number of benzene rings is 1. The monoisotopic (exact) mass is 284 g/mol. The lowest BCUT2D eigenvalue weighted by Gasteiger charge is -2.18. The number of nitrogens with one attached hydrogen (secondary N) is 1. The van der Waals surface area contributed by atoms with Crippen molar-refractivity contribution in [3.63, 3.8) is 0 Å². The highest BCUT2D eigenvalue weighted by Gasteiger charge is 2.15. The molecule has 2 aromatic rings. The molecule has 0 aliphatic carbocycles. The van der Waals surface area contributed by atoms with Crippen LogP contribution in [0.3, 0.4) is 0 Å². The van der Waals surface area contributed by atoms with Crippen LogP contribution in [0.2, 0.25) is 5.02 Å². The topological polar surface area (TPSA) is 29.9 Å². The molecule has 0 fully saturated rings. The van der Waals surface area contributed by atoms with Crippen molar-refractivity contribution in [2.24, 2.45) is 0 Å². The van der Waals surface area contributed by atoms with Gasteiger partial charge >= 0.3 is 0 Å². The summed E-state index contributed by atoms with van der Waals surface area (Å²) in [6.07, 6.45) is 2.12. The van der Waals surface area contributed by atoms with Crippen LogP contribution in [0.1, 0.15) is 25.8 Å². The van der Waals surface area contributed by atoms with Gasteiger partial charge in [0.2, 0.25) is 0 Å². The lowest BCUT2D eigenvalue weighted by molar-refractivity contribution is 0.151. The summed E-state index contributed by atoms with van der Waals surface area (Å²) in [4.78, 5) is 3.22. The summed E-state index contributed by atoms with van der Waals surface area (Å²) >= 11 is 11.5. The molecule has 1 heterocycles. The molecular formula is C13H17ClN2OS. The van der Waals surface area contributed by atoms with Crippen molar-refractivity contribution in [1.82, 2.24) is 9.55 Å². The minimum absolute atomic E-state index is 0.250. The molecule has 0 bridgehead atoms. The van der Waals surface area contributed by atoms with E-state index in [1.54, 1.807) is 7.11 Å². The number of aromatic amines is 1. The van der Waals surface area contributed by atoms with Gasteiger partial charge in [0.1, 0.15) is 0 Å². The third kappa shape index (κ3) is 2.60. The quantitative estimate of drug-likeness (QED) is 0.828. The largest absolute Gasteiger partial charge is 0.383 e. The van der Waals surface area contributed by atoms with Crippen LogP contribution in [0.25, 0.3) is 11.0 Å². The molecule has 18 heavy (non-hydrogen) atoms. The molecule has 3 nitrogen and oxygen atoms in total. The molecule has 0 saturated heterocycles. The summed E-state index contributed by atoms with van der Waals surface area (Å²) in [6, 6.07) is 6.02. The number of aromatic nitrogens is 2. The van der Waals surface area contributed by atoms with E-state index in [9.17, 15) is 0 Å². The van der Waals surface area contributed by atoms with Crippen molar-refractivity contribution < 1.29 is 4.74 Å². The molecule has 2 rings (SSSR count). The first-order chi connectivity index (χ1) is 8.67. The van der Waals surface area contributed by atoms with Crippen molar-refractivity contribution in [3.05, 3.63) is 28.0 Å². The number of methoxy groups -OCH3 is 1. The van der Waals surface area contributed by atoms with Gasteiger partial charge in [-0.25, -0.2) is 0 Å². The minimum atomic E-state index is 0.250. The summed E-state index contributed by atoms with van der Waals surface area (Å²) < 4.78 is 8.14. The van der Waals surface area contributed by atoms with Gasteiger partial charge in [-0.1, -0.05) is 24.9 Å². The Morgan fingerprint density at radius 3 is 2.94 bits per heavy atom. The third-order valence-corrected chi connectivity index (χ3v) is 3.56. The van der Waals surface area contributed by atoms with Gasteiger partial charge in [-0.15, -0.1) is 0 Å². The second kappa shape index (κ2) is 5.87. The van der Waals surface area contributed by atoms with Crippen LogP contribution in [0, 0.1) is 4.77 Å². The number of imidazole rings is 1. The predicted molar refractivity (Wildman–Crippen MR) is 78.0 cm³/mol. The number of ether oxygens (including phenoxy) is 1. The predicted octanol–water partition coefficient (Wildman–Crippen LogP) is 4.34. The fourth-order valence-electron chi connectivity index (χ4n) is 2.27. The van der Waals surface area contributed by atoms with E-state index in [0.717, 1.165) is 33.7 Å². The fraction of sp³-hybridized carbons (Fsp3) is 0.462. The van der Waals surface area contributed by atoms with Gasteiger partial charge in [0, 0.05) is 12.1 Å². The Kier molecular flexibility index (Phi) is 4.43. The number of rotatable bonds is 5. The zero-order valence-electron chi connectivity index (χ0n) is 10.6. The Bertz CT molecular complexity index is 584. The molecule has 5 heteroatoms. The summed E-state index contributed by atoms with van der Waals surface area (Å²) in [7, 11) is 1.72. The number of halogens is 1. The average Bonchev–Trinajstić information content (AvgIpc) is 2.64. The highest BCUT2D eigenvalue weighted by Crippen LogP contribution is 2.25. The molecular weight excluding hydrogens is 268 g/mol. The Morgan fingerprint density at radius 2 is 2.28 bits per heavy atom. The van der Waals surface area contributed by atoms with Crippen LogP contribution in [-0.4, -0.2) is 23.3 Å². The molecule has 0 radical (unpaired) electrons. The van der Waals surface area contributed by atoms with Gasteiger partial charge in [-0.3, -0.25) is 0 Å². The number of hydrogen-bond donors (Lipinski definition) is 1. The maximum Gasteiger partial charge on any atom is 0.178 e. The van der Waals surface area contributed by atoms with Gasteiger partial charge in [0.15, 0.2) is 4.77 Å². The van der Waals surface area contributed by atoms with Crippen molar-refractivity contribution in [3.8, 4) is 0 Å². The first-order valence-corrected chi connectivity index (χ1v) is 6.84. The van der Waals surface area contributed by atoms with E-state index in [4.69, 9.17) is 28.6 Å². The van der Waals surface area contributed by atoms with Gasteiger partial charge in [-0.2, -0.15) is 0 Å². The zero-order chi connectivity index (χ0) is 13.1. The Labute approximate surface area is 117 Å². The number of nitrogens with zero attached hydrogens (tertiary/aromatic N) is 1. The van der Waals surface area contributed by atoms with Gasteiger partial charge in [0.05, 0.1) is 23.7 Å². The Balaban J connectivity index is 2.56. The fourth-order valence-corrected chi connectivity index (χ4v) is 2.79. The summed E-state index contributed by atoms with van der Waals surface area (Å²) in [6.45, 7) is 2.82. The van der Waals surface area contributed by atoms with Crippen molar-refractivity contribution in [2.45, 2.75) is 25.8 Å². The molecule has 0 saturated carbocycles. The lowest BCUT2D eigenvalue weighted by atomic mass is 10.1. The van der Waals surface area contributed by atoms with Crippen LogP contribution in [0.15, 0.2) is 18.2 Å². The molecule has 0 amide bonds. The van der Waals surface area contributed by atoms with E-state index >= 15 is 0 Å². The summed E-state index contributed by atoms with van der Waals surface area (Å²) in [5.41, 5.74) is 2.06. The second-order valence-electron chi connectivity index (χ2n) is 4.36. The molecule has 0 spiro atoms. The number of hydrogen-bond acceptors (Lipinski definition) is 2. The maximum absolute atomic E-state index is 6.07. The van der Waals surface area contributed by atoms with Crippen LogP contribution in [0.4, 0.5) is 0 Å². The van der Waals surface area contributed by atoms with E-state index in [-0.39, 0.29) is 6.04 Å². The smallest absolute Gasteiger partial charge is 0.178 e. The second-order valence-corrected chi connectivity index (χ2v) is 5.18. The standard InChI is InChI=1S/C13H17ClN2OS/c1-3-4-10(8-17-2)16-12-7-9(14)5-6-11(12)15-13(16)18/h5-7,10H,3-4,8H2,1-2H3,(H,15,18). The van der Waals surface area contributed by atoms with Crippen LogP contribution < -0.4 is 0 Å². The molecule has 1 aromatic heterocycles. The Hall–Kier alpha value is -0.840. The Morgan fingerprint density at radius 1 is 1.50 bits per heavy atom. The van der Waals surface area contributed by atoms with Gasteiger partial charge in [-0.05, 0) is 36.8 Å². The first kappa shape index (κ1) is 13.6. The molecule has 0 aliphatic rings. The summed E-state index contributed by atoms with van der Waals surface area (Å²) in [5, 5.41) is 0.720. The molecule has 1 unspecified atom stereocenters. The number of fused-ring (bicyclic) bond motifs is 1. The minimum Gasteiger partial charge on any atom is -0.383 e. The average molecular weight is 285 g/mol. The first-order valence-electron chi connectivity index (χ1n) is 6.06. The van der Waals surface area contributed by atoms with E-state index in [1.165, 1.54) is 0 Å². The van der Waals surface area contributed by atoms with E-state index in [0.29, 0.717) is 6.61 Å². The van der Waals surface area contributed by atoms with E-state index in [1.807, 2.05) is 18.2 Å².